The van der Waals surface area contributed by atoms with Crippen LogP contribution in [0.1, 0.15) is 34.7 Å². The van der Waals surface area contributed by atoms with E-state index in [1.165, 1.54) is 16.8 Å². The molecule has 1 spiro atoms. The lowest BCUT2D eigenvalue weighted by molar-refractivity contribution is -0.120. The largest absolute Gasteiger partial charge is 0.369 e. The highest BCUT2D eigenvalue weighted by Gasteiger charge is 2.66. The van der Waals surface area contributed by atoms with Crippen LogP contribution in [-0.4, -0.2) is 49.3 Å². The molecule has 2 atom stereocenters. The van der Waals surface area contributed by atoms with Crippen LogP contribution in [0.2, 0.25) is 0 Å². The summed E-state index contributed by atoms with van der Waals surface area (Å²) in [5.41, 5.74) is 7.37. The van der Waals surface area contributed by atoms with Crippen LogP contribution in [0.15, 0.2) is 66.7 Å². The zero-order valence-corrected chi connectivity index (χ0v) is 20.4. The minimum atomic E-state index is -0.404. The normalized spacial score (nSPS) is 23.2. The number of amides is 1. The van der Waals surface area contributed by atoms with Crippen molar-refractivity contribution in [1.82, 2.24) is 15.5 Å². The molecule has 1 aliphatic carbocycles. The van der Waals surface area contributed by atoms with Crippen molar-refractivity contribution in [1.29, 1.82) is 0 Å². The van der Waals surface area contributed by atoms with E-state index in [-0.39, 0.29) is 11.8 Å². The Bertz CT molecular complexity index is 1500. The lowest BCUT2D eigenvalue weighted by Gasteiger charge is -2.29. The first kappa shape index (κ1) is 21.4. The summed E-state index contributed by atoms with van der Waals surface area (Å²) < 4.78 is 0. The van der Waals surface area contributed by atoms with Gasteiger partial charge in [-0.25, -0.2) is 0 Å². The molecule has 1 saturated heterocycles. The van der Waals surface area contributed by atoms with E-state index >= 15 is 0 Å². The summed E-state index contributed by atoms with van der Waals surface area (Å²) in [6, 6.07) is 23.4. The minimum Gasteiger partial charge on any atom is -0.369 e. The molecule has 6 nitrogen and oxygen atoms in total. The molecule has 1 amide bonds. The number of hydrogen-bond donors (Lipinski definition) is 2. The second-order valence-corrected chi connectivity index (χ2v) is 10.2. The summed E-state index contributed by atoms with van der Waals surface area (Å²) in [5, 5.41) is 12.3. The first-order valence-corrected chi connectivity index (χ1v) is 12.7. The Kier molecular flexibility index (Phi) is 4.79. The number of nitrogens with one attached hydrogen (secondary N) is 2. The molecule has 3 aliphatic rings. The zero-order chi connectivity index (χ0) is 24.3. The molecule has 7 rings (SSSR count). The fourth-order valence-electron chi connectivity index (χ4n) is 6.16. The van der Waals surface area contributed by atoms with Gasteiger partial charge in [-0.05, 0) is 53.5 Å². The van der Waals surface area contributed by atoms with Crippen molar-refractivity contribution >= 4 is 40.3 Å². The molecule has 0 radical (unpaired) electrons. The van der Waals surface area contributed by atoms with Gasteiger partial charge in [0.05, 0.1) is 16.6 Å². The summed E-state index contributed by atoms with van der Waals surface area (Å²) in [5.74, 6) is 0.419. The van der Waals surface area contributed by atoms with Crippen molar-refractivity contribution in [2.45, 2.75) is 17.8 Å². The Morgan fingerprint density at radius 2 is 1.81 bits per heavy atom. The monoisotopic (exact) mass is 475 g/mol. The average molecular weight is 476 g/mol. The number of piperazine rings is 1. The van der Waals surface area contributed by atoms with E-state index < -0.39 is 5.41 Å². The number of aromatic nitrogens is 2. The van der Waals surface area contributed by atoms with Gasteiger partial charge in [0.2, 0.25) is 5.91 Å². The quantitative estimate of drug-likeness (QED) is 0.455. The Morgan fingerprint density at radius 1 is 1.00 bits per heavy atom. The maximum atomic E-state index is 13.2. The van der Waals surface area contributed by atoms with Crippen LogP contribution in [0.4, 0.5) is 11.4 Å². The molecule has 3 heterocycles. The summed E-state index contributed by atoms with van der Waals surface area (Å²) in [4.78, 5) is 17.5. The minimum absolute atomic E-state index is 0.206. The van der Waals surface area contributed by atoms with Crippen LogP contribution in [0.5, 0.6) is 0 Å². The highest BCUT2D eigenvalue weighted by molar-refractivity contribution is 6.11. The molecule has 0 bridgehead atoms. The van der Waals surface area contributed by atoms with Gasteiger partial charge in [0.25, 0.3) is 0 Å². The summed E-state index contributed by atoms with van der Waals surface area (Å²) in [7, 11) is 1.89. The number of rotatable bonds is 4. The SMILES string of the molecule is CN1C(=O)[C@@]2(C[C@H]2c2ccc3c(/C=C/c4ccc(N5CCNCC5)cc4)n[nH]c3c2)c2ccccc21. The van der Waals surface area contributed by atoms with E-state index in [1.54, 1.807) is 0 Å². The Labute approximate surface area is 210 Å². The molecule has 36 heavy (non-hydrogen) atoms. The third-order valence-electron chi connectivity index (χ3n) is 8.22. The van der Waals surface area contributed by atoms with Crippen LogP contribution in [0.25, 0.3) is 23.1 Å². The molecule has 1 aromatic heterocycles. The Morgan fingerprint density at radius 3 is 2.64 bits per heavy atom. The van der Waals surface area contributed by atoms with Gasteiger partial charge in [0.15, 0.2) is 0 Å². The summed E-state index contributed by atoms with van der Waals surface area (Å²) in [6.45, 7) is 4.18. The van der Waals surface area contributed by atoms with Crippen LogP contribution >= 0.6 is 0 Å². The van der Waals surface area contributed by atoms with E-state index in [4.69, 9.17) is 0 Å². The van der Waals surface area contributed by atoms with Gasteiger partial charge >= 0.3 is 0 Å². The molecule has 0 unspecified atom stereocenters. The zero-order valence-electron chi connectivity index (χ0n) is 20.4. The predicted molar refractivity (Wildman–Crippen MR) is 145 cm³/mol. The number of para-hydroxylation sites is 1. The molecular formula is C30H29N5O. The lowest BCUT2D eigenvalue weighted by atomic mass is 9.92. The Hall–Kier alpha value is -3.90. The van der Waals surface area contributed by atoms with Crippen molar-refractivity contribution in [3.8, 4) is 0 Å². The average Bonchev–Trinajstić information content (AvgIpc) is 3.51. The maximum absolute atomic E-state index is 13.2. The molecular weight excluding hydrogens is 446 g/mol. The van der Waals surface area contributed by atoms with E-state index in [9.17, 15) is 4.79 Å². The number of nitrogens with zero attached hydrogens (tertiary/aromatic N) is 3. The van der Waals surface area contributed by atoms with Crippen LogP contribution in [0.3, 0.4) is 0 Å². The summed E-state index contributed by atoms with van der Waals surface area (Å²) >= 11 is 0. The van der Waals surface area contributed by atoms with Crippen molar-refractivity contribution in [3.63, 3.8) is 0 Å². The topological polar surface area (TPSA) is 64.3 Å². The van der Waals surface area contributed by atoms with Crippen LogP contribution in [0, 0.1) is 0 Å². The number of aromatic amines is 1. The number of likely N-dealkylation sites (N-methyl/N-ethyl adjacent to an activating group) is 1. The highest BCUT2D eigenvalue weighted by atomic mass is 16.2. The van der Waals surface area contributed by atoms with Gasteiger partial charge in [-0.15, -0.1) is 0 Å². The molecule has 2 fully saturated rings. The standard InChI is InChI=1S/C30H29N5O/c1-34-28-5-3-2-4-24(28)30(29(34)36)19-25(30)21-9-12-23-26(32-33-27(23)18-21)13-8-20-6-10-22(11-7-20)35-16-14-31-15-17-35/h2-13,18,25,31H,14-17,19H2,1H3,(H,32,33)/b13-8+/t25-,30-/m0/s1. The second kappa shape index (κ2) is 8.07. The van der Waals surface area contributed by atoms with E-state index in [0.29, 0.717) is 0 Å². The smallest absolute Gasteiger partial charge is 0.238 e. The van der Waals surface area contributed by atoms with Gasteiger partial charge in [-0.1, -0.05) is 48.5 Å². The van der Waals surface area contributed by atoms with Crippen molar-refractivity contribution in [2.24, 2.45) is 0 Å². The first-order valence-electron chi connectivity index (χ1n) is 12.7. The number of H-pyrrole nitrogens is 1. The van der Waals surface area contributed by atoms with Crippen molar-refractivity contribution in [3.05, 3.63) is 89.1 Å². The first-order chi connectivity index (χ1) is 17.6. The molecule has 3 aromatic carbocycles. The predicted octanol–water partition coefficient (Wildman–Crippen LogP) is 4.54. The van der Waals surface area contributed by atoms with Gasteiger partial charge in [-0.3, -0.25) is 9.89 Å². The number of anilines is 2. The highest BCUT2D eigenvalue weighted by Crippen LogP contribution is 2.66. The lowest BCUT2D eigenvalue weighted by Crippen LogP contribution is -2.43. The number of fused-ring (bicyclic) bond motifs is 3. The van der Waals surface area contributed by atoms with Gasteiger partial charge in [0.1, 0.15) is 0 Å². The summed E-state index contributed by atoms with van der Waals surface area (Å²) in [6.07, 6.45) is 5.05. The number of hydrogen-bond acceptors (Lipinski definition) is 4. The molecule has 180 valence electrons. The number of benzene rings is 3. The van der Waals surface area contributed by atoms with Crippen molar-refractivity contribution in [2.75, 3.05) is 43.0 Å². The third kappa shape index (κ3) is 3.21. The number of carbonyl (C=O) groups is 1. The molecule has 2 N–H and O–H groups in total. The fraction of sp³-hybridized carbons (Fsp3) is 0.267. The van der Waals surface area contributed by atoms with Gasteiger partial charge in [-0.2, -0.15) is 5.10 Å². The van der Waals surface area contributed by atoms with Crippen molar-refractivity contribution < 1.29 is 4.79 Å². The fourth-order valence-corrected chi connectivity index (χ4v) is 6.16. The second-order valence-electron chi connectivity index (χ2n) is 10.2. The molecule has 6 heteroatoms. The van der Waals surface area contributed by atoms with E-state index in [2.05, 4.69) is 81.1 Å². The van der Waals surface area contributed by atoms with E-state index in [1.807, 2.05) is 30.1 Å². The van der Waals surface area contributed by atoms with E-state index in [0.717, 1.165) is 60.4 Å². The number of carbonyl (C=O) groups excluding carboxylic acids is 1. The molecule has 4 aromatic rings. The van der Waals surface area contributed by atoms with Gasteiger partial charge < -0.3 is 15.1 Å². The van der Waals surface area contributed by atoms with Crippen LogP contribution < -0.4 is 15.1 Å². The van der Waals surface area contributed by atoms with Gasteiger partial charge in [0, 0.05) is 55.9 Å². The molecule has 2 aliphatic heterocycles. The maximum Gasteiger partial charge on any atom is 0.238 e. The Balaban J connectivity index is 1.12. The molecule has 1 saturated carbocycles. The third-order valence-corrected chi connectivity index (χ3v) is 8.22. The van der Waals surface area contributed by atoms with Crippen LogP contribution in [-0.2, 0) is 10.2 Å².